The monoisotopic (exact) mass is 265 g/mol. The highest BCUT2D eigenvalue weighted by Crippen LogP contribution is 2.26. The number of carbonyl (C=O) groups excluding carboxylic acids is 1. The van der Waals surface area contributed by atoms with Crippen LogP contribution < -0.4 is 4.90 Å². The first-order valence-electron chi connectivity index (χ1n) is 6.53. The fourth-order valence-electron chi connectivity index (χ4n) is 2.40. The molecule has 1 unspecified atom stereocenters. The summed E-state index contributed by atoms with van der Waals surface area (Å²) in [6.07, 6.45) is 3.44. The number of rotatable bonds is 1. The molecule has 4 heteroatoms. The van der Waals surface area contributed by atoms with Crippen molar-refractivity contribution in [2.24, 2.45) is 4.99 Å². The number of anilines is 1. The smallest absolute Gasteiger partial charge is 0.251 e. The van der Waals surface area contributed by atoms with E-state index >= 15 is 0 Å². The highest BCUT2D eigenvalue weighted by molar-refractivity contribution is 6.19. The standard InChI is InChI=1S/C16H15N3O/c1-11-16(20)19(2)14-10-17-9-8-13(14)15(18-11)12-6-4-3-5-7-12/h3-11H,1-2H3. The Labute approximate surface area is 117 Å². The summed E-state index contributed by atoms with van der Waals surface area (Å²) < 4.78 is 0. The molecule has 1 aromatic carbocycles. The Balaban J connectivity index is 2.24. The van der Waals surface area contributed by atoms with Crippen molar-refractivity contribution >= 4 is 17.3 Å². The minimum absolute atomic E-state index is 0.0230. The van der Waals surface area contributed by atoms with Crippen molar-refractivity contribution in [3.05, 3.63) is 59.9 Å². The van der Waals surface area contributed by atoms with Crippen LogP contribution in [0.2, 0.25) is 0 Å². The number of benzene rings is 1. The quantitative estimate of drug-likeness (QED) is 0.794. The number of fused-ring (bicyclic) bond motifs is 1. The largest absolute Gasteiger partial charge is 0.312 e. The average Bonchev–Trinajstić information content (AvgIpc) is 2.60. The van der Waals surface area contributed by atoms with Crippen molar-refractivity contribution < 1.29 is 4.79 Å². The Morgan fingerprint density at radius 1 is 1.15 bits per heavy atom. The summed E-state index contributed by atoms with van der Waals surface area (Å²) in [5, 5.41) is 0. The summed E-state index contributed by atoms with van der Waals surface area (Å²) in [6.45, 7) is 1.82. The Hall–Kier alpha value is -2.49. The molecule has 1 atom stereocenters. The lowest BCUT2D eigenvalue weighted by Gasteiger charge is -2.18. The van der Waals surface area contributed by atoms with Gasteiger partial charge in [-0.25, -0.2) is 0 Å². The van der Waals surface area contributed by atoms with E-state index in [0.29, 0.717) is 0 Å². The fourth-order valence-corrected chi connectivity index (χ4v) is 2.40. The van der Waals surface area contributed by atoms with Crippen molar-refractivity contribution in [2.75, 3.05) is 11.9 Å². The van der Waals surface area contributed by atoms with Crippen LogP contribution in [0.1, 0.15) is 18.1 Å². The van der Waals surface area contributed by atoms with Gasteiger partial charge in [-0.3, -0.25) is 14.8 Å². The summed E-state index contributed by atoms with van der Waals surface area (Å²) in [6, 6.07) is 11.4. The summed E-state index contributed by atoms with van der Waals surface area (Å²) in [4.78, 5) is 22.7. The van der Waals surface area contributed by atoms with Crippen molar-refractivity contribution in [1.82, 2.24) is 4.98 Å². The molecule has 0 aliphatic carbocycles. The van der Waals surface area contributed by atoms with E-state index in [1.54, 1.807) is 24.3 Å². The zero-order chi connectivity index (χ0) is 14.1. The number of nitrogens with zero attached hydrogens (tertiary/aromatic N) is 3. The molecule has 1 aliphatic heterocycles. The second-order valence-corrected chi connectivity index (χ2v) is 4.81. The van der Waals surface area contributed by atoms with Gasteiger partial charge in [0.2, 0.25) is 0 Å². The lowest BCUT2D eigenvalue weighted by Crippen LogP contribution is -2.33. The van der Waals surface area contributed by atoms with Crippen LogP contribution in [0.3, 0.4) is 0 Å². The first kappa shape index (κ1) is 12.5. The summed E-state index contributed by atoms with van der Waals surface area (Å²) in [7, 11) is 1.77. The fraction of sp³-hybridized carbons (Fsp3) is 0.188. The van der Waals surface area contributed by atoms with Gasteiger partial charge in [0.15, 0.2) is 0 Å². The Morgan fingerprint density at radius 2 is 1.90 bits per heavy atom. The van der Waals surface area contributed by atoms with Gasteiger partial charge in [-0.05, 0) is 13.0 Å². The third-order valence-corrected chi connectivity index (χ3v) is 3.47. The van der Waals surface area contributed by atoms with E-state index < -0.39 is 6.04 Å². The third-order valence-electron chi connectivity index (χ3n) is 3.47. The number of aliphatic imine (C=N–C) groups is 1. The van der Waals surface area contributed by atoms with E-state index in [-0.39, 0.29) is 5.91 Å². The molecule has 2 heterocycles. The molecule has 0 radical (unpaired) electrons. The van der Waals surface area contributed by atoms with Gasteiger partial charge < -0.3 is 4.90 Å². The van der Waals surface area contributed by atoms with E-state index in [2.05, 4.69) is 9.98 Å². The lowest BCUT2D eigenvalue weighted by molar-refractivity contribution is -0.119. The van der Waals surface area contributed by atoms with E-state index in [1.165, 1.54) is 0 Å². The molecule has 0 spiro atoms. The molecule has 1 aliphatic rings. The number of hydrogen-bond acceptors (Lipinski definition) is 3. The Bertz CT molecular complexity index is 679. The molecular formula is C16H15N3O. The van der Waals surface area contributed by atoms with Crippen LogP contribution >= 0.6 is 0 Å². The van der Waals surface area contributed by atoms with E-state index in [0.717, 1.165) is 22.5 Å². The molecule has 20 heavy (non-hydrogen) atoms. The molecule has 0 bridgehead atoms. The van der Waals surface area contributed by atoms with Crippen LogP contribution in [0.5, 0.6) is 0 Å². The number of pyridine rings is 1. The molecule has 1 aromatic heterocycles. The minimum atomic E-state index is -0.400. The first-order valence-corrected chi connectivity index (χ1v) is 6.53. The Kier molecular flexibility index (Phi) is 3.06. The average molecular weight is 265 g/mol. The molecule has 2 aromatic rings. The zero-order valence-corrected chi connectivity index (χ0v) is 11.4. The molecule has 0 fully saturated rings. The molecule has 4 nitrogen and oxygen atoms in total. The lowest BCUT2D eigenvalue weighted by atomic mass is 10.0. The van der Waals surface area contributed by atoms with Gasteiger partial charge in [-0.2, -0.15) is 0 Å². The predicted molar refractivity (Wildman–Crippen MR) is 79.2 cm³/mol. The van der Waals surface area contributed by atoms with Gasteiger partial charge in [0, 0.05) is 24.4 Å². The van der Waals surface area contributed by atoms with Crippen LogP contribution in [0.15, 0.2) is 53.8 Å². The topological polar surface area (TPSA) is 45.6 Å². The van der Waals surface area contributed by atoms with Crippen molar-refractivity contribution in [3.63, 3.8) is 0 Å². The third kappa shape index (κ3) is 1.99. The maximum Gasteiger partial charge on any atom is 0.251 e. The maximum absolute atomic E-state index is 12.3. The molecule has 0 saturated carbocycles. The number of amides is 1. The zero-order valence-electron chi connectivity index (χ0n) is 11.4. The first-order chi connectivity index (χ1) is 9.68. The van der Waals surface area contributed by atoms with Crippen LogP contribution in [0, 0.1) is 0 Å². The Morgan fingerprint density at radius 3 is 2.65 bits per heavy atom. The number of likely N-dealkylation sites (N-methyl/N-ethyl adjacent to an activating group) is 1. The van der Waals surface area contributed by atoms with Crippen LogP contribution in [0.25, 0.3) is 0 Å². The predicted octanol–water partition coefficient (Wildman–Crippen LogP) is 2.28. The second-order valence-electron chi connectivity index (χ2n) is 4.81. The van der Waals surface area contributed by atoms with Gasteiger partial charge in [0.1, 0.15) is 6.04 Å². The van der Waals surface area contributed by atoms with Gasteiger partial charge in [-0.1, -0.05) is 30.3 Å². The normalized spacial score (nSPS) is 18.3. The van der Waals surface area contributed by atoms with Crippen molar-refractivity contribution in [3.8, 4) is 0 Å². The SMILES string of the molecule is CC1N=C(c2ccccc2)c2ccncc2N(C)C1=O. The summed E-state index contributed by atoms with van der Waals surface area (Å²) in [5.41, 5.74) is 3.58. The van der Waals surface area contributed by atoms with E-state index in [1.807, 2.05) is 43.3 Å². The number of carbonyl (C=O) groups is 1. The molecule has 1 amide bonds. The number of aromatic nitrogens is 1. The van der Waals surface area contributed by atoms with Crippen molar-refractivity contribution in [2.45, 2.75) is 13.0 Å². The van der Waals surface area contributed by atoms with Gasteiger partial charge in [0.25, 0.3) is 5.91 Å². The number of hydrogen-bond donors (Lipinski definition) is 0. The molecule has 100 valence electrons. The van der Waals surface area contributed by atoms with Gasteiger partial charge in [0.05, 0.1) is 17.6 Å². The van der Waals surface area contributed by atoms with E-state index in [4.69, 9.17) is 0 Å². The van der Waals surface area contributed by atoms with Crippen LogP contribution in [-0.2, 0) is 4.79 Å². The van der Waals surface area contributed by atoms with Crippen molar-refractivity contribution in [1.29, 1.82) is 0 Å². The molecule has 0 saturated heterocycles. The summed E-state index contributed by atoms with van der Waals surface area (Å²) in [5.74, 6) is -0.0230. The highest BCUT2D eigenvalue weighted by Gasteiger charge is 2.26. The maximum atomic E-state index is 12.3. The molecule has 3 rings (SSSR count). The summed E-state index contributed by atoms with van der Waals surface area (Å²) >= 11 is 0. The highest BCUT2D eigenvalue weighted by atomic mass is 16.2. The van der Waals surface area contributed by atoms with Gasteiger partial charge in [-0.15, -0.1) is 0 Å². The molecular weight excluding hydrogens is 250 g/mol. The minimum Gasteiger partial charge on any atom is -0.312 e. The van der Waals surface area contributed by atoms with E-state index in [9.17, 15) is 4.79 Å². The van der Waals surface area contributed by atoms with Gasteiger partial charge >= 0.3 is 0 Å². The second kappa shape index (κ2) is 4.89. The molecule has 0 N–H and O–H groups in total. The van der Waals surface area contributed by atoms with Crippen LogP contribution in [0.4, 0.5) is 5.69 Å². The van der Waals surface area contributed by atoms with Crippen LogP contribution in [-0.4, -0.2) is 29.7 Å².